The van der Waals surface area contributed by atoms with Crippen LogP contribution in [-0.2, 0) is 20.7 Å². The Kier molecular flexibility index (Phi) is 13.9. The summed E-state index contributed by atoms with van der Waals surface area (Å²) in [5.41, 5.74) is 5.96. The van der Waals surface area contributed by atoms with Gasteiger partial charge in [0.1, 0.15) is 17.4 Å². The Balaban J connectivity index is 3.31. The third-order valence-corrected chi connectivity index (χ3v) is 7.77. The van der Waals surface area contributed by atoms with Crippen molar-refractivity contribution in [3.63, 3.8) is 0 Å². The number of aryl methyl sites for hydroxylation is 1. The van der Waals surface area contributed by atoms with E-state index in [1.165, 1.54) is 0 Å². The highest BCUT2D eigenvalue weighted by atomic mass is 16.6. The van der Waals surface area contributed by atoms with Crippen LogP contribution < -0.4 is 21.1 Å². The maximum absolute atomic E-state index is 13.3. The Morgan fingerprint density at radius 3 is 2.07 bits per heavy atom. The number of primary amides is 1. The van der Waals surface area contributed by atoms with Crippen molar-refractivity contribution < 1.29 is 23.9 Å². The Morgan fingerprint density at radius 2 is 1.62 bits per heavy atom. The summed E-state index contributed by atoms with van der Waals surface area (Å²) >= 11 is 0. The molecule has 0 saturated carbocycles. The van der Waals surface area contributed by atoms with Crippen LogP contribution >= 0.6 is 0 Å². The van der Waals surface area contributed by atoms with Gasteiger partial charge in [0.2, 0.25) is 11.8 Å². The number of nitrogens with one attached hydrogen (secondary N) is 2. The van der Waals surface area contributed by atoms with Gasteiger partial charge in [-0.05, 0) is 95.8 Å². The van der Waals surface area contributed by atoms with E-state index >= 15 is 0 Å². The van der Waals surface area contributed by atoms with Crippen LogP contribution in [0.2, 0.25) is 0 Å². The molecule has 238 valence electrons. The largest absolute Gasteiger partial charge is 0.496 e. The zero-order valence-electron chi connectivity index (χ0n) is 27.5. The number of carbonyl (C=O) groups excluding carboxylic acids is 3. The summed E-state index contributed by atoms with van der Waals surface area (Å²) in [6, 6.07) is 4.50. The molecule has 10 nitrogen and oxygen atoms in total. The number of rotatable bonds is 16. The molecule has 0 bridgehead atoms. The van der Waals surface area contributed by atoms with E-state index in [9.17, 15) is 19.3 Å². The molecule has 4 N–H and O–H groups in total. The standard InChI is InChI=1S/C32H54N4O6/c1-19(2)23(15-22-12-13-27(41-11)21(5)14-22)16-25(35-30(39)42-31(6,7)8)26(36-40)17-24(20(3)4)28(37)34-18-32(9,10)29(33)38/h12-14,19-20,23-26H,15-18H2,1-11H3,(H2,33,38)(H,34,37)(H,35,39)/t23-,24-,25-,26+/m0/s1. The SMILES string of the molecule is COc1ccc(C[C@@H](C[C@H](NC(=O)OC(C)(C)C)[C@@H](C[C@H](C(=O)NCC(C)(C)C(N)=O)C(C)C)N=O)C(C)C)cc1C. The molecule has 10 heteroatoms. The van der Waals surface area contributed by atoms with E-state index in [4.69, 9.17) is 15.2 Å². The molecule has 0 fully saturated rings. The minimum atomic E-state index is -0.926. The van der Waals surface area contributed by atoms with Crippen molar-refractivity contribution in [1.29, 1.82) is 0 Å². The van der Waals surface area contributed by atoms with Gasteiger partial charge in [-0.3, -0.25) is 9.59 Å². The smallest absolute Gasteiger partial charge is 0.407 e. The first-order valence-corrected chi connectivity index (χ1v) is 14.8. The average molecular weight is 591 g/mol. The third-order valence-electron chi connectivity index (χ3n) is 7.77. The predicted octanol–water partition coefficient (Wildman–Crippen LogP) is 5.53. The molecule has 0 aromatic heterocycles. The van der Waals surface area contributed by atoms with Crippen molar-refractivity contribution in [1.82, 2.24) is 10.6 Å². The number of hydrogen-bond acceptors (Lipinski definition) is 7. The van der Waals surface area contributed by atoms with Crippen molar-refractivity contribution in [2.75, 3.05) is 13.7 Å². The summed E-state index contributed by atoms with van der Waals surface area (Å²) in [5, 5.41) is 9.18. The molecular weight excluding hydrogens is 536 g/mol. The molecule has 0 unspecified atom stereocenters. The first-order valence-electron chi connectivity index (χ1n) is 14.8. The molecule has 0 aliphatic rings. The van der Waals surface area contributed by atoms with Crippen LogP contribution in [0.1, 0.15) is 86.3 Å². The third kappa shape index (κ3) is 12.0. The molecule has 0 spiro atoms. The van der Waals surface area contributed by atoms with E-state index in [0.717, 1.165) is 23.3 Å². The van der Waals surface area contributed by atoms with Crippen LogP contribution in [0.3, 0.4) is 0 Å². The summed E-state index contributed by atoms with van der Waals surface area (Å²) in [4.78, 5) is 50.3. The maximum Gasteiger partial charge on any atom is 0.407 e. The fourth-order valence-electron chi connectivity index (χ4n) is 4.81. The number of amides is 3. The van der Waals surface area contributed by atoms with Crippen molar-refractivity contribution in [3.05, 3.63) is 34.2 Å². The van der Waals surface area contributed by atoms with Crippen LogP contribution in [0.15, 0.2) is 23.4 Å². The number of benzene rings is 1. The van der Waals surface area contributed by atoms with E-state index in [0.29, 0.717) is 6.42 Å². The Hall–Kier alpha value is -3.17. The number of methoxy groups -OCH3 is 1. The van der Waals surface area contributed by atoms with E-state index in [-0.39, 0.29) is 36.6 Å². The number of nitrogens with zero attached hydrogens (tertiary/aromatic N) is 1. The van der Waals surface area contributed by atoms with Crippen molar-refractivity contribution in [3.8, 4) is 5.75 Å². The van der Waals surface area contributed by atoms with Gasteiger partial charge in [0.25, 0.3) is 0 Å². The average Bonchev–Trinajstić information content (AvgIpc) is 2.85. The highest BCUT2D eigenvalue weighted by Gasteiger charge is 2.36. The molecule has 1 rings (SSSR count). The fourth-order valence-corrected chi connectivity index (χ4v) is 4.81. The van der Waals surface area contributed by atoms with Gasteiger partial charge in [0.05, 0.1) is 18.6 Å². The minimum Gasteiger partial charge on any atom is -0.496 e. The molecule has 0 aliphatic carbocycles. The van der Waals surface area contributed by atoms with Crippen LogP contribution in [0.25, 0.3) is 0 Å². The quantitative estimate of drug-likeness (QED) is 0.216. The molecule has 42 heavy (non-hydrogen) atoms. The minimum absolute atomic E-state index is 0.0693. The number of nitrogens with two attached hydrogens (primary N) is 1. The zero-order chi connectivity index (χ0) is 32.4. The molecule has 3 amide bonds. The molecule has 0 aliphatic heterocycles. The lowest BCUT2D eigenvalue weighted by Gasteiger charge is -2.33. The lowest BCUT2D eigenvalue weighted by molar-refractivity contribution is -0.129. The second kappa shape index (κ2) is 15.9. The van der Waals surface area contributed by atoms with Crippen molar-refractivity contribution >= 4 is 17.9 Å². The van der Waals surface area contributed by atoms with Gasteiger partial charge >= 0.3 is 6.09 Å². The van der Waals surface area contributed by atoms with Gasteiger partial charge in [0, 0.05) is 12.5 Å². The van der Waals surface area contributed by atoms with Gasteiger partial charge in [-0.25, -0.2) is 4.79 Å². The summed E-state index contributed by atoms with van der Waals surface area (Å²) in [6.45, 7) is 18.7. The molecule has 0 heterocycles. The molecule has 1 aromatic carbocycles. The Labute approximate surface area is 252 Å². The highest BCUT2D eigenvalue weighted by molar-refractivity contribution is 5.83. The fraction of sp³-hybridized carbons (Fsp3) is 0.719. The van der Waals surface area contributed by atoms with Crippen molar-refractivity contribution in [2.24, 2.45) is 40.0 Å². The monoisotopic (exact) mass is 590 g/mol. The second-order valence-corrected chi connectivity index (χ2v) is 13.7. The number of alkyl carbamates (subject to hydrolysis) is 1. The van der Waals surface area contributed by atoms with E-state index in [1.54, 1.807) is 41.7 Å². The van der Waals surface area contributed by atoms with E-state index < -0.39 is 41.0 Å². The molecule has 4 atom stereocenters. The zero-order valence-corrected chi connectivity index (χ0v) is 27.5. The molecule has 0 radical (unpaired) electrons. The van der Waals surface area contributed by atoms with Crippen molar-refractivity contribution in [2.45, 2.75) is 106 Å². The second-order valence-electron chi connectivity index (χ2n) is 13.7. The predicted molar refractivity (Wildman–Crippen MR) is 166 cm³/mol. The van der Waals surface area contributed by atoms with Crippen LogP contribution in [-0.4, -0.2) is 49.2 Å². The number of carbonyl (C=O) groups is 3. The molecule has 0 saturated heterocycles. The van der Waals surface area contributed by atoms with Gasteiger partial charge in [-0.1, -0.05) is 45.0 Å². The van der Waals surface area contributed by atoms with E-state index in [2.05, 4.69) is 35.7 Å². The van der Waals surface area contributed by atoms with E-state index in [1.807, 2.05) is 32.9 Å². The summed E-state index contributed by atoms with van der Waals surface area (Å²) in [6.07, 6.45) is 0.658. The van der Waals surface area contributed by atoms with Crippen LogP contribution in [0, 0.1) is 40.9 Å². The van der Waals surface area contributed by atoms with Crippen LogP contribution in [0.4, 0.5) is 4.79 Å². The summed E-state index contributed by atoms with van der Waals surface area (Å²) in [5.74, 6) is -0.403. The number of hydrogen-bond donors (Lipinski definition) is 3. The first-order chi connectivity index (χ1) is 19.3. The van der Waals surface area contributed by atoms with Crippen LogP contribution in [0.5, 0.6) is 5.75 Å². The first kappa shape index (κ1) is 36.9. The molecule has 1 aromatic rings. The Morgan fingerprint density at radius 1 is 1.00 bits per heavy atom. The van der Waals surface area contributed by atoms with Gasteiger partial charge in [-0.2, -0.15) is 4.91 Å². The van der Waals surface area contributed by atoms with Gasteiger partial charge in [0.15, 0.2) is 0 Å². The lowest BCUT2D eigenvalue weighted by Crippen LogP contribution is -2.49. The summed E-state index contributed by atoms with van der Waals surface area (Å²) in [7, 11) is 1.64. The molecular formula is C32H54N4O6. The normalized spacial score (nSPS) is 15.0. The lowest BCUT2D eigenvalue weighted by atomic mass is 9.79. The highest BCUT2D eigenvalue weighted by Crippen LogP contribution is 2.30. The van der Waals surface area contributed by atoms with Gasteiger partial charge < -0.3 is 25.8 Å². The maximum atomic E-state index is 13.3. The number of ether oxygens (including phenoxy) is 2. The topological polar surface area (TPSA) is 149 Å². The Bertz CT molecular complexity index is 1060. The number of nitroso groups, excluding NO2 is 1. The van der Waals surface area contributed by atoms with Gasteiger partial charge in [-0.15, -0.1) is 0 Å². The summed E-state index contributed by atoms with van der Waals surface area (Å²) < 4.78 is 10.9.